The quantitative estimate of drug-likeness (QED) is 0.755. The van der Waals surface area contributed by atoms with Gasteiger partial charge >= 0.3 is 0 Å². The summed E-state index contributed by atoms with van der Waals surface area (Å²) in [5.74, 6) is 0.230. The predicted molar refractivity (Wildman–Crippen MR) is 102 cm³/mol. The first-order valence-corrected chi connectivity index (χ1v) is 10.1. The van der Waals surface area contributed by atoms with Crippen LogP contribution in [-0.4, -0.2) is 35.5 Å². The van der Waals surface area contributed by atoms with Crippen molar-refractivity contribution in [1.29, 1.82) is 0 Å². The van der Waals surface area contributed by atoms with Gasteiger partial charge in [0.15, 0.2) is 0 Å². The maximum atomic E-state index is 12.4. The minimum Gasteiger partial charge on any atom is -0.507 e. The van der Waals surface area contributed by atoms with Crippen LogP contribution in [0.25, 0.3) is 11.3 Å². The van der Waals surface area contributed by atoms with E-state index in [0.717, 1.165) is 11.1 Å². The summed E-state index contributed by atoms with van der Waals surface area (Å²) in [5, 5.41) is 21.0. The van der Waals surface area contributed by atoms with Crippen molar-refractivity contribution in [1.82, 2.24) is 20.1 Å². The van der Waals surface area contributed by atoms with Crippen molar-refractivity contribution < 1.29 is 13.5 Å². The van der Waals surface area contributed by atoms with Gasteiger partial charge in [-0.25, -0.2) is 13.1 Å². The van der Waals surface area contributed by atoms with Crippen LogP contribution >= 0.6 is 0 Å². The molecular weight excluding hydrogens is 352 g/mol. The molecule has 26 heavy (non-hydrogen) atoms. The molecular formula is C18H28N4O3S. The van der Waals surface area contributed by atoms with Crippen molar-refractivity contribution in [2.45, 2.75) is 64.3 Å². The van der Waals surface area contributed by atoms with E-state index in [2.05, 4.69) is 20.1 Å². The van der Waals surface area contributed by atoms with Gasteiger partial charge in [0, 0.05) is 23.2 Å². The zero-order valence-corrected chi connectivity index (χ0v) is 17.2. The molecule has 1 aromatic carbocycles. The number of H-pyrrole nitrogens is 1. The summed E-state index contributed by atoms with van der Waals surface area (Å²) in [4.78, 5) is 0. The molecule has 2 rings (SSSR count). The van der Waals surface area contributed by atoms with E-state index in [1.807, 2.05) is 41.5 Å². The lowest BCUT2D eigenvalue weighted by molar-refractivity contribution is 0.423. The molecule has 0 saturated carbocycles. The number of hydrogen-bond donors (Lipinski definition) is 3. The average molecular weight is 381 g/mol. The molecule has 0 atom stereocenters. The van der Waals surface area contributed by atoms with Crippen molar-refractivity contribution in [3.8, 4) is 17.0 Å². The smallest absolute Gasteiger partial charge is 0.262 e. The van der Waals surface area contributed by atoms with Crippen LogP contribution in [0.4, 0.5) is 0 Å². The first-order valence-electron chi connectivity index (χ1n) is 8.57. The number of nitrogens with one attached hydrogen (secondary N) is 2. The molecule has 144 valence electrons. The third-order valence-electron chi connectivity index (χ3n) is 4.10. The molecule has 2 aromatic rings. The van der Waals surface area contributed by atoms with Crippen molar-refractivity contribution in [2.24, 2.45) is 0 Å². The van der Waals surface area contributed by atoms with E-state index in [4.69, 9.17) is 0 Å². The van der Waals surface area contributed by atoms with E-state index in [1.165, 1.54) is 0 Å². The van der Waals surface area contributed by atoms with Crippen molar-refractivity contribution in [3.63, 3.8) is 0 Å². The summed E-state index contributed by atoms with van der Waals surface area (Å²) in [5.41, 5.74) is 1.64. The Hall–Kier alpha value is -1.93. The van der Waals surface area contributed by atoms with Gasteiger partial charge in [0.2, 0.25) is 5.03 Å². The molecule has 0 aliphatic rings. The number of sulfonamides is 1. The first kappa shape index (κ1) is 20.4. The number of rotatable bonds is 4. The van der Waals surface area contributed by atoms with Gasteiger partial charge in [-0.1, -0.05) is 48.5 Å². The summed E-state index contributed by atoms with van der Waals surface area (Å²) < 4.78 is 27.3. The zero-order chi connectivity index (χ0) is 19.9. The summed E-state index contributed by atoms with van der Waals surface area (Å²) >= 11 is 0. The van der Waals surface area contributed by atoms with Gasteiger partial charge in [0.05, 0.1) is 0 Å². The van der Waals surface area contributed by atoms with Crippen LogP contribution in [0, 0.1) is 0 Å². The first-order chi connectivity index (χ1) is 11.8. The molecule has 7 nitrogen and oxygen atoms in total. The normalized spacial score (nSPS) is 13.2. The van der Waals surface area contributed by atoms with E-state index in [9.17, 15) is 13.5 Å². The van der Waals surface area contributed by atoms with Gasteiger partial charge in [-0.05, 0) is 23.0 Å². The molecule has 0 fully saturated rings. The second-order valence-electron chi connectivity index (χ2n) is 8.40. The van der Waals surface area contributed by atoms with E-state index in [0.29, 0.717) is 5.56 Å². The predicted octanol–water partition coefficient (Wildman–Crippen LogP) is 3.07. The number of nitrogens with zero attached hydrogens (tertiary/aromatic N) is 2. The highest BCUT2D eigenvalue weighted by Gasteiger charge is 2.30. The van der Waals surface area contributed by atoms with Gasteiger partial charge in [0.1, 0.15) is 11.4 Å². The Morgan fingerprint density at radius 3 is 1.96 bits per heavy atom. The lowest BCUT2D eigenvalue weighted by atomic mass is 9.78. The average Bonchev–Trinajstić information content (AvgIpc) is 2.95. The van der Waals surface area contributed by atoms with Crippen molar-refractivity contribution in [3.05, 3.63) is 23.3 Å². The molecule has 0 unspecified atom stereocenters. The Labute approximate surface area is 155 Å². The van der Waals surface area contributed by atoms with Crippen LogP contribution in [0.5, 0.6) is 5.75 Å². The van der Waals surface area contributed by atoms with Gasteiger partial charge in [0.25, 0.3) is 10.0 Å². The molecule has 0 radical (unpaired) electrons. The highest BCUT2D eigenvalue weighted by molar-refractivity contribution is 7.89. The number of benzene rings is 1. The molecule has 1 aromatic heterocycles. The molecule has 0 aliphatic carbocycles. The molecule has 1 heterocycles. The second-order valence-corrected chi connectivity index (χ2v) is 10.1. The van der Waals surface area contributed by atoms with E-state index < -0.39 is 10.0 Å². The Morgan fingerprint density at radius 2 is 1.54 bits per heavy atom. The monoisotopic (exact) mass is 380 g/mol. The molecule has 8 heteroatoms. The Balaban J connectivity index is 2.79. The van der Waals surface area contributed by atoms with E-state index >= 15 is 0 Å². The third-order valence-corrected chi connectivity index (χ3v) is 5.57. The van der Waals surface area contributed by atoms with Crippen LogP contribution in [0.1, 0.15) is 59.6 Å². The van der Waals surface area contributed by atoms with Gasteiger partial charge < -0.3 is 5.11 Å². The minimum atomic E-state index is -3.77. The van der Waals surface area contributed by atoms with Gasteiger partial charge in [-0.2, -0.15) is 10.3 Å². The molecule has 0 spiro atoms. The topological polar surface area (TPSA) is 108 Å². The summed E-state index contributed by atoms with van der Waals surface area (Å²) in [7, 11) is -3.77. The molecule has 0 bridgehead atoms. The number of aromatic hydroxyl groups is 1. The summed E-state index contributed by atoms with van der Waals surface area (Å²) in [6, 6.07) is 3.57. The largest absolute Gasteiger partial charge is 0.507 e. The van der Waals surface area contributed by atoms with Crippen LogP contribution in [0.2, 0.25) is 0 Å². The number of aromatic nitrogens is 3. The highest BCUT2D eigenvalue weighted by Crippen LogP contribution is 2.42. The summed E-state index contributed by atoms with van der Waals surface area (Å²) in [6.45, 7) is 13.9. The van der Waals surface area contributed by atoms with Crippen LogP contribution in [0.3, 0.4) is 0 Å². The van der Waals surface area contributed by atoms with Crippen molar-refractivity contribution in [2.75, 3.05) is 6.54 Å². The highest BCUT2D eigenvalue weighted by atomic mass is 32.2. The lowest BCUT2D eigenvalue weighted by Gasteiger charge is -2.28. The maximum Gasteiger partial charge on any atom is 0.262 e. The van der Waals surface area contributed by atoms with Crippen LogP contribution in [0.15, 0.2) is 17.2 Å². The molecule has 0 aliphatic heterocycles. The maximum absolute atomic E-state index is 12.4. The van der Waals surface area contributed by atoms with Crippen molar-refractivity contribution >= 4 is 10.0 Å². The fourth-order valence-corrected chi connectivity index (χ4v) is 3.87. The Morgan fingerprint density at radius 1 is 1.04 bits per heavy atom. The summed E-state index contributed by atoms with van der Waals surface area (Å²) in [6.07, 6.45) is 0. The fraction of sp³-hybridized carbons (Fsp3) is 0.556. The number of phenolic OH excluding ortho intramolecular Hbond substituents is 1. The van der Waals surface area contributed by atoms with Gasteiger partial charge in [-0.15, -0.1) is 5.10 Å². The minimum absolute atomic E-state index is 0.148. The fourth-order valence-electron chi connectivity index (χ4n) is 2.77. The number of hydrogen-bond acceptors (Lipinski definition) is 5. The zero-order valence-electron chi connectivity index (χ0n) is 16.4. The molecule has 3 N–H and O–H groups in total. The number of aromatic amines is 1. The number of phenols is 1. The second kappa shape index (κ2) is 6.66. The Kier molecular flexibility index (Phi) is 5.22. The van der Waals surface area contributed by atoms with E-state index in [1.54, 1.807) is 19.1 Å². The Bertz CT molecular complexity index is 868. The third kappa shape index (κ3) is 3.91. The van der Waals surface area contributed by atoms with Crippen LogP contribution in [-0.2, 0) is 20.9 Å². The van der Waals surface area contributed by atoms with Gasteiger partial charge in [-0.3, -0.25) is 0 Å². The molecule has 0 saturated heterocycles. The lowest BCUT2D eigenvalue weighted by Crippen LogP contribution is -2.24. The SMILES string of the molecule is CCNS(=O)(=O)c1n[nH]nc1-c1cc(C(C)(C)C)c(O)c(C(C)(C)C)c1. The standard InChI is InChI=1S/C18H28N4O3S/c1-8-19-26(24,25)16-14(20-22-21-16)11-9-12(17(2,3)4)15(23)13(10-11)18(5,6)7/h9-10,19,23H,8H2,1-7H3,(H,20,21,22). The van der Waals surface area contributed by atoms with E-state index in [-0.39, 0.29) is 33.8 Å². The molecule has 0 amide bonds. The van der Waals surface area contributed by atoms with Crippen LogP contribution < -0.4 is 4.72 Å².